The zero-order valence-corrected chi connectivity index (χ0v) is 19.2. The minimum atomic E-state index is 0. The highest BCUT2D eigenvalue weighted by Crippen LogP contribution is 2.41. The van der Waals surface area contributed by atoms with Gasteiger partial charge in [-0.3, -0.25) is 9.89 Å². The van der Waals surface area contributed by atoms with Crippen LogP contribution in [0, 0.1) is 0 Å². The lowest BCUT2D eigenvalue weighted by molar-refractivity contribution is 0.0195. The highest BCUT2D eigenvalue weighted by Gasteiger charge is 2.40. The molecule has 0 bridgehead atoms. The fraction of sp³-hybridized carbons (Fsp3) is 0.632. The van der Waals surface area contributed by atoms with Gasteiger partial charge in [0.05, 0.1) is 13.2 Å². The third-order valence-electron chi connectivity index (χ3n) is 5.64. The number of morpholine rings is 1. The van der Waals surface area contributed by atoms with Crippen molar-refractivity contribution in [1.82, 2.24) is 15.1 Å². The van der Waals surface area contributed by atoms with Gasteiger partial charge in [0.2, 0.25) is 0 Å². The molecule has 3 unspecified atom stereocenters. The number of ether oxygens (including phenoxy) is 1. The van der Waals surface area contributed by atoms with Gasteiger partial charge in [-0.2, -0.15) is 0 Å². The van der Waals surface area contributed by atoms with Crippen molar-refractivity contribution in [3.8, 4) is 0 Å². The first-order valence-corrected chi connectivity index (χ1v) is 10.1. The van der Waals surface area contributed by atoms with Gasteiger partial charge in [-0.15, -0.1) is 24.0 Å². The Morgan fingerprint density at radius 3 is 2.62 bits per heavy atom. The molecule has 0 radical (unpaired) electrons. The topological polar surface area (TPSA) is 40.1 Å². The second kappa shape index (κ2) is 9.21. The van der Waals surface area contributed by atoms with Crippen LogP contribution in [0.3, 0.4) is 0 Å². The molecule has 7 heteroatoms. The monoisotopic (exact) mass is 534 g/mol. The van der Waals surface area contributed by atoms with Crippen LogP contribution >= 0.6 is 39.9 Å². The third-order valence-corrected chi connectivity index (χ3v) is 6.17. The Balaban J connectivity index is 0.00000196. The second-order valence-electron chi connectivity index (χ2n) is 7.23. The van der Waals surface area contributed by atoms with Crippen molar-refractivity contribution >= 4 is 45.9 Å². The predicted molar refractivity (Wildman–Crippen MR) is 120 cm³/mol. The van der Waals surface area contributed by atoms with Gasteiger partial charge in [0, 0.05) is 55.7 Å². The molecule has 144 valence electrons. The van der Waals surface area contributed by atoms with E-state index in [0.717, 1.165) is 49.8 Å². The Morgan fingerprint density at radius 2 is 1.92 bits per heavy atom. The number of nitrogens with one attached hydrogen (secondary N) is 1. The first kappa shape index (κ1) is 20.4. The van der Waals surface area contributed by atoms with Crippen LogP contribution < -0.4 is 5.32 Å². The zero-order valence-electron chi connectivity index (χ0n) is 15.2. The van der Waals surface area contributed by atoms with Crippen molar-refractivity contribution in [3.63, 3.8) is 0 Å². The van der Waals surface area contributed by atoms with Crippen molar-refractivity contribution in [1.29, 1.82) is 0 Å². The van der Waals surface area contributed by atoms with Gasteiger partial charge >= 0.3 is 0 Å². The van der Waals surface area contributed by atoms with E-state index in [0.29, 0.717) is 18.0 Å². The van der Waals surface area contributed by atoms with E-state index in [9.17, 15) is 0 Å². The quantitative estimate of drug-likeness (QED) is 0.368. The second-order valence-corrected chi connectivity index (χ2v) is 8.14. The van der Waals surface area contributed by atoms with E-state index < -0.39 is 0 Å². The molecule has 1 aliphatic carbocycles. The van der Waals surface area contributed by atoms with Crippen LogP contribution in [0.4, 0.5) is 0 Å². The van der Waals surface area contributed by atoms with Crippen LogP contribution in [-0.2, 0) is 4.74 Å². The van der Waals surface area contributed by atoms with E-state index in [1.165, 1.54) is 18.4 Å². The molecular weight excluding hydrogens is 507 g/mol. The molecule has 3 atom stereocenters. The lowest BCUT2D eigenvalue weighted by Crippen LogP contribution is -2.47. The molecule has 3 aliphatic rings. The summed E-state index contributed by atoms with van der Waals surface area (Å²) in [7, 11) is 1.90. The lowest BCUT2D eigenvalue weighted by Gasteiger charge is -2.32. The summed E-state index contributed by atoms with van der Waals surface area (Å²) in [5, 5.41) is 3.69. The Hall–Kier alpha value is -0.380. The largest absolute Gasteiger partial charge is 0.379 e. The Morgan fingerprint density at radius 1 is 1.19 bits per heavy atom. The molecule has 2 heterocycles. The number of aliphatic imine (C=N–C) groups is 1. The zero-order chi connectivity index (χ0) is 17.2. The number of guanidine groups is 1. The Labute approximate surface area is 181 Å². The van der Waals surface area contributed by atoms with Gasteiger partial charge in [-0.05, 0) is 30.5 Å². The smallest absolute Gasteiger partial charge is 0.193 e. The van der Waals surface area contributed by atoms with Crippen LogP contribution in [0.2, 0.25) is 0 Å². The van der Waals surface area contributed by atoms with Crippen molar-refractivity contribution in [2.24, 2.45) is 4.99 Å². The van der Waals surface area contributed by atoms with E-state index >= 15 is 0 Å². The van der Waals surface area contributed by atoms with Crippen LogP contribution in [0.25, 0.3) is 0 Å². The maximum atomic E-state index is 5.48. The average Bonchev–Trinajstić information content (AvgIpc) is 3.24. The molecule has 2 saturated heterocycles. The maximum Gasteiger partial charge on any atom is 0.193 e. The fourth-order valence-corrected chi connectivity index (χ4v) is 4.34. The molecule has 5 nitrogen and oxygen atoms in total. The number of likely N-dealkylation sites (tertiary alicyclic amines) is 1. The number of benzene rings is 1. The molecule has 0 spiro atoms. The predicted octanol–water partition coefficient (Wildman–Crippen LogP) is 2.90. The molecule has 2 aliphatic heterocycles. The SMILES string of the molecule is CN=C(NC1CC1c1ccc(Br)cc1)N1CCC(N2CCOCC2)C1.I. The van der Waals surface area contributed by atoms with Crippen molar-refractivity contribution in [3.05, 3.63) is 34.3 Å². The van der Waals surface area contributed by atoms with Crippen LogP contribution in [-0.4, -0.2) is 74.3 Å². The van der Waals surface area contributed by atoms with E-state index in [1.54, 1.807) is 0 Å². The minimum absolute atomic E-state index is 0. The first-order chi connectivity index (χ1) is 12.2. The number of halogens is 2. The molecule has 0 amide bonds. The van der Waals surface area contributed by atoms with Gasteiger partial charge in [0.15, 0.2) is 5.96 Å². The summed E-state index contributed by atoms with van der Waals surface area (Å²) in [5.74, 6) is 1.68. The summed E-state index contributed by atoms with van der Waals surface area (Å²) < 4.78 is 6.62. The number of rotatable bonds is 3. The summed E-state index contributed by atoms with van der Waals surface area (Å²) in [6.07, 6.45) is 2.42. The molecule has 1 aromatic rings. The summed E-state index contributed by atoms with van der Waals surface area (Å²) in [4.78, 5) is 9.56. The minimum Gasteiger partial charge on any atom is -0.379 e. The number of hydrogen-bond acceptors (Lipinski definition) is 3. The van der Waals surface area contributed by atoms with Crippen LogP contribution in [0.1, 0.15) is 24.3 Å². The highest BCUT2D eigenvalue weighted by atomic mass is 127. The molecule has 1 N–H and O–H groups in total. The molecule has 1 aromatic carbocycles. The van der Waals surface area contributed by atoms with E-state index in [1.807, 2.05) is 7.05 Å². The van der Waals surface area contributed by atoms with Crippen molar-refractivity contribution < 1.29 is 4.74 Å². The highest BCUT2D eigenvalue weighted by molar-refractivity contribution is 14.0. The first-order valence-electron chi connectivity index (χ1n) is 9.30. The molecular formula is C19H28BrIN4O. The molecule has 4 rings (SSSR count). The third kappa shape index (κ3) is 4.72. The number of hydrogen-bond donors (Lipinski definition) is 1. The molecule has 26 heavy (non-hydrogen) atoms. The van der Waals surface area contributed by atoms with Crippen molar-refractivity contribution in [2.75, 3.05) is 46.4 Å². The molecule has 0 aromatic heterocycles. The average molecular weight is 535 g/mol. The summed E-state index contributed by atoms with van der Waals surface area (Å²) >= 11 is 3.51. The normalized spacial score (nSPS) is 29.4. The van der Waals surface area contributed by atoms with E-state index in [4.69, 9.17) is 4.74 Å². The van der Waals surface area contributed by atoms with Crippen LogP contribution in [0.15, 0.2) is 33.7 Å². The fourth-order valence-electron chi connectivity index (χ4n) is 4.07. The summed E-state index contributed by atoms with van der Waals surface area (Å²) in [5.41, 5.74) is 1.42. The van der Waals surface area contributed by atoms with Gasteiger partial charge in [-0.25, -0.2) is 0 Å². The van der Waals surface area contributed by atoms with Gasteiger partial charge in [0.1, 0.15) is 0 Å². The Bertz CT molecular complexity index is 620. The summed E-state index contributed by atoms with van der Waals surface area (Å²) in [6.45, 7) is 6.06. The standard InChI is InChI=1S/C19H27BrN4O.HI/c1-21-19(22-18-12-17(18)14-2-4-15(20)5-3-14)24-7-6-16(13-24)23-8-10-25-11-9-23;/h2-5,16-18H,6-13H2,1H3,(H,21,22);1H. The molecule has 1 saturated carbocycles. The molecule has 3 fully saturated rings. The van der Waals surface area contributed by atoms with Gasteiger partial charge in [-0.1, -0.05) is 28.1 Å². The van der Waals surface area contributed by atoms with Gasteiger partial charge < -0.3 is 15.0 Å². The van der Waals surface area contributed by atoms with Gasteiger partial charge in [0.25, 0.3) is 0 Å². The van der Waals surface area contributed by atoms with Crippen LogP contribution in [0.5, 0.6) is 0 Å². The maximum absolute atomic E-state index is 5.48. The summed E-state index contributed by atoms with van der Waals surface area (Å²) in [6, 6.07) is 9.87. The lowest BCUT2D eigenvalue weighted by atomic mass is 10.1. The van der Waals surface area contributed by atoms with E-state index in [2.05, 4.69) is 60.3 Å². The number of nitrogens with zero attached hydrogens (tertiary/aromatic N) is 3. The van der Waals surface area contributed by atoms with Crippen molar-refractivity contribution in [2.45, 2.75) is 30.8 Å². The van der Waals surface area contributed by atoms with E-state index in [-0.39, 0.29) is 24.0 Å². The Kier molecular flexibility index (Phi) is 7.21.